The SMILES string of the molecule is CCC1(C)NC(=O)N(CC(=O)NC(C)(C)C(C)O)C1=O. The molecule has 20 heavy (non-hydrogen) atoms. The Hall–Kier alpha value is -1.63. The summed E-state index contributed by atoms with van der Waals surface area (Å²) in [6.07, 6.45) is -0.301. The maximum atomic E-state index is 12.1. The minimum Gasteiger partial charge on any atom is -0.391 e. The molecule has 1 fully saturated rings. The number of nitrogens with one attached hydrogen (secondary N) is 2. The molecule has 0 radical (unpaired) electrons. The van der Waals surface area contributed by atoms with Gasteiger partial charge in [-0.3, -0.25) is 14.5 Å². The van der Waals surface area contributed by atoms with Gasteiger partial charge in [-0.15, -0.1) is 0 Å². The van der Waals surface area contributed by atoms with E-state index in [0.717, 1.165) is 4.90 Å². The summed E-state index contributed by atoms with van der Waals surface area (Å²) in [5.41, 5.74) is -1.78. The number of amides is 4. The van der Waals surface area contributed by atoms with E-state index in [2.05, 4.69) is 10.6 Å². The minimum absolute atomic E-state index is 0.351. The minimum atomic E-state index is -0.947. The summed E-state index contributed by atoms with van der Waals surface area (Å²) in [6, 6.07) is -0.565. The van der Waals surface area contributed by atoms with Crippen LogP contribution in [0, 0.1) is 0 Å². The molecule has 1 rings (SSSR count). The molecule has 0 spiro atoms. The first kappa shape index (κ1) is 16.4. The van der Waals surface area contributed by atoms with E-state index in [1.807, 2.05) is 0 Å². The number of aliphatic hydroxyl groups excluding tert-OH is 1. The van der Waals surface area contributed by atoms with Crippen molar-refractivity contribution in [2.24, 2.45) is 0 Å². The summed E-state index contributed by atoms with van der Waals surface area (Å²) in [5.74, 6) is -0.894. The molecule has 2 unspecified atom stereocenters. The number of nitrogens with zero attached hydrogens (tertiary/aromatic N) is 1. The molecule has 0 aromatic heterocycles. The van der Waals surface area contributed by atoms with Gasteiger partial charge in [-0.2, -0.15) is 0 Å². The van der Waals surface area contributed by atoms with Crippen LogP contribution in [0.15, 0.2) is 0 Å². The van der Waals surface area contributed by atoms with Crippen molar-refractivity contribution in [3.05, 3.63) is 0 Å². The molecule has 0 aromatic carbocycles. The zero-order valence-electron chi connectivity index (χ0n) is 12.6. The predicted molar refractivity (Wildman–Crippen MR) is 72.8 cm³/mol. The smallest absolute Gasteiger partial charge is 0.325 e. The fraction of sp³-hybridized carbons (Fsp3) is 0.769. The van der Waals surface area contributed by atoms with E-state index in [4.69, 9.17) is 0 Å². The number of carbonyl (C=O) groups is 3. The van der Waals surface area contributed by atoms with Gasteiger partial charge in [-0.05, 0) is 34.1 Å². The van der Waals surface area contributed by atoms with Gasteiger partial charge in [0.25, 0.3) is 5.91 Å². The van der Waals surface area contributed by atoms with Crippen molar-refractivity contribution in [3.8, 4) is 0 Å². The van der Waals surface area contributed by atoms with Crippen molar-refractivity contribution in [1.82, 2.24) is 15.5 Å². The van der Waals surface area contributed by atoms with Crippen LogP contribution in [-0.4, -0.2) is 51.6 Å². The summed E-state index contributed by atoms with van der Waals surface area (Å²) in [4.78, 5) is 36.7. The monoisotopic (exact) mass is 285 g/mol. The molecular formula is C13H23N3O4. The molecule has 3 N–H and O–H groups in total. The van der Waals surface area contributed by atoms with Crippen LogP contribution in [0.4, 0.5) is 4.79 Å². The van der Waals surface area contributed by atoms with Crippen LogP contribution in [0.3, 0.4) is 0 Å². The van der Waals surface area contributed by atoms with Crippen LogP contribution < -0.4 is 10.6 Å². The molecule has 0 aromatic rings. The molecule has 0 aliphatic carbocycles. The molecule has 7 nitrogen and oxygen atoms in total. The fourth-order valence-corrected chi connectivity index (χ4v) is 1.78. The van der Waals surface area contributed by atoms with Crippen LogP contribution in [-0.2, 0) is 9.59 Å². The normalized spacial score (nSPS) is 24.6. The molecular weight excluding hydrogens is 262 g/mol. The Balaban J connectivity index is 2.73. The summed E-state index contributed by atoms with van der Waals surface area (Å²) >= 11 is 0. The quantitative estimate of drug-likeness (QED) is 0.618. The summed E-state index contributed by atoms with van der Waals surface area (Å²) in [6.45, 7) is 7.96. The average molecular weight is 285 g/mol. The van der Waals surface area contributed by atoms with Gasteiger partial charge < -0.3 is 15.7 Å². The zero-order valence-corrected chi connectivity index (χ0v) is 12.6. The van der Waals surface area contributed by atoms with Crippen LogP contribution >= 0.6 is 0 Å². The molecule has 7 heteroatoms. The first-order chi connectivity index (χ1) is 9.03. The van der Waals surface area contributed by atoms with E-state index in [9.17, 15) is 19.5 Å². The number of aliphatic hydroxyl groups is 1. The van der Waals surface area contributed by atoms with Crippen molar-refractivity contribution in [2.75, 3.05) is 6.54 Å². The number of carbonyl (C=O) groups excluding carboxylic acids is 3. The Morgan fingerprint density at radius 2 is 2.05 bits per heavy atom. The lowest BCUT2D eigenvalue weighted by molar-refractivity contribution is -0.135. The van der Waals surface area contributed by atoms with E-state index in [1.54, 1.807) is 34.6 Å². The zero-order chi connectivity index (χ0) is 15.7. The Bertz CT molecular complexity index is 433. The van der Waals surface area contributed by atoms with Crippen molar-refractivity contribution in [3.63, 3.8) is 0 Å². The van der Waals surface area contributed by atoms with Crippen molar-refractivity contribution < 1.29 is 19.5 Å². The maximum absolute atomic E-state index is 12.1. The third-order valence-electron chi connectivity index (χ3n) is 3.86. The number of hydrogen-bond acceptors (Lipinski definition) is 4. The van der Waals surface area contributed by atoms with Crippen molar-refractivity contribution in [2.45, 2.75) is 58.2 Å². The van der Waals surface area contributed by atoms with Gasteiger partial charge in [0.05, 0.1) is 11.6 Å². The Labute approximate surface area is 118 Å². The van der Waals surface area contributed by atoms with E-state index < -0.39 is 35.0 Å². The second-order valence-corrected chi connectivity index (χ2v) is 5.95. The molecule has 2 atom stereocenters. The number of hydrogen-bond donors (Lipinski definition) is 3. The lowest BCUT2D eigenvalue weighted by Crippen LogP contribution is -2.54. The average Bonchev–Trinajstić information content (AvgIpc) is 2.53. The van der Waals surface area contributed by atoms with Crippen molar-refractivity contribution >= 4 is 17.8 Å². The molecule has 4 amide bonds. The highest BCUT2D eigenvalue weighted by Crippen LogP contribution is 2.20. The van der Waals surface area contributed by atoms with Crippen LogP contribution in [0.1, 0.15) is 41.0 Å². The standard InChI is InChI=1S/C13H23N3O4/c1-6-13(5)10(19)16(11(20)15-13)7-9(18)14-12(3,4)8(2)17/h8,17H,6-7H2,1-5H3,(H,14,18)(H,15,20). The lowest BCUT2D eigenvalue weighted by Gasteiger charge is -2.30. The van der Waals surface area contributed by atoms with Gasteiger partial charge in [-0.1, -0.05) is 6.92 Å². The van der Waals surface area contributed by atoms with Crippen LogP contribution in [0.2, 0.25) is 0 Å². The molecule has 1 heterocycles. The second-order valence-electron chi connectivity index (χ2n) is 5.95. The summed E-state index contributed by atoms with van der Waals surface area (Å²) < 4.78 is 0. The maximum Gasteiger partial charge on any atom is 0.325 e. The van der Waals surface area contributed by atoms with Gasteiger partial charge in [0.1, 0.15) is 12.1 Å². The van der Waals surface area contributed by atoms with E-state index >= 15 is 0 Å². The first-order valence-corrected chi connectivity index (χ1v) is 6.66. The summed E-state index contributed by atoms with van der Waals surface area (Å²) in [5, 5.41) is 14.7. The van der Waals surface area contributed by atoms with Gasteiger partial charge >= 0.3 is 6.03 Å². The molecule has 1 aliphatic heterocycles. The number of rotatable bonds is 5. The number of imide groups is 1. The number of urea groups is 1. The van der Waals surface area contributed by atoms with Crippen LogP contribution in [0.25, 0.3) is 0 Å². The highest BCUT2D eigenvalue weighted by atomic mass is 16.3. The highest BCUT2D eigenvalue weighted by molar-refractivity contribution is 6.08. The van der Waals surface area contributed by atoms with Crippen molar-refractivity contribution in [1.29, 1.82) is 0 Å². The first-order valence-electron chi connectivity index (χ1n) is 6.66. The lowest BCUT2D eigenvalue weighted by atomic mass is 9.98. The Morgan fingerprint density at radius 3 is 2.45 bits per heavy atom. The van der Waals surface area contributed by atoms with E-state index in [1.165, 1.54) is 0 Å². The van der Waals surface area contributed by atoms with E-state index in [-0.39, 0.29) is 6.54 Å². The van der Waals surface area contributed by atoms with Crippen LogP contribution in [0.5, 0.6) is 0 Å². The molecule has 114 valence electrons. The Morgan fingerprint density at radius 1 is 1.50 bits per heavy atom. The van der Waals surface area contributed by atoms with Gasteiger partial charge in [0, 0.05) is 0 Å². The second kappa shape index (κ2) is 5.40. The highest BCUT2D eigenvalue weighted by Gasteiger charge is 2.47. The topological polar surface area (TPSA) is 98.7 Å². The summed E-state index contributed by atoms with van der Waals surface area (Å²) in [7, 11) is 0. The van der Waals surface area contributed by atoms with Gasteiger partial charge in [-0.25, -0.2) is 4.79 Å². The molecule has 0 saturated carbocycles. The molecule has 1 aliphatic rings. The molecule has 0 bridgehead atoms. The fourth-order valence-electron chi connectivity index (χ4n) is 1.78. The van der Waals surface area contributed by atoms with Gasteiger partial charge in [0.2, 0.25) is 5.91 Å². The van der Waals surface area contributed by atoms with Gasteiger partial charge in [0.15, 0.2) is 0 Å². The largest absolute Gasteiger partial charge is 0.391 e. The Kier molecular flexibility index (Phi) is 4.43. The molecule has 1 saturated heterocycles. The predicted octanol–water partition coefficient (Wildman–Crippen LogP) is -0.0175. The third kappa shape index (κ3) is 3.09. The van der Waals surface area contributed by atoms with E-state index in [0.29, 0.717) is 6.42 Å². The third-order valence-corrected chi connectivity index (χ3v) is 3.86.